The number of rotatable bonds is 1. The van der Waals surface area contributed by atoms with E-state index in [1.807, 2.05) is 30.3 Å². The Morgan fingerprint density at radius 1 is 1.11 bits per heavy atom. The van der Waals surface area contributed by atoms with Crippen LogP contribution in [0.5, 0.6) is 11.5 Å². The monoisotopic (exact) mass is 257 g/mol. The van der Waals surface area contributed by atoms with E-state index in [1.165, 1.54) is 0 Å². The first kappa shape index (κ1) is 11.2. The summed E-state index contributed by atoms with van der Waals surface area (Å²) in [4.78, 5) is 13.3. The fourth-order valence-electron chi connectivity index (χ4n) is 1.82. The summed E-state index contributed by atoms with van der Waals surface area (Å²) in [5.74, 6) is 1.64. The van der Waals surface area contributed by atoms with Crippen molar-refractivity contribution in [3.8, 4) is 11.5 Å². The molecule has 0 saturated heterocycles. The zero-order valence-electron chi connectivity index (χ0n) is 9.77. The third-order valence-electron chi connectivity index (χ3n) is 2.76. The highest BCUT2D eigenvalue weighted by Gasteiger charge is 2.18. The smallest absolute Gasteiger partial charge is 0.159 e. The molecule has 2 N–H and O–H groups in total. The Morgan fingerprint density at radius 3 is 2.50 bits per heavy atom. The molecule has 1 aliphatic heterocycles. The lowest BCUT2D eigenvalue weighted by atomic mass is 10.1. The maximum Gasteiger partial charge on any atom is 0.159 e. The second-order valence-corrected chi connectivity index (χ2v) is 5.21. The summed E-state index contributed by atoms with van der Waals surface area (Å²) >= 11 is 1.57. The summed E-state index contributed by atoms with van der Waals surface area (Å²) in [6, 6.07) is 11.0. The normalized spacial score (nSPS) is 12.3. The molecule has 0 amide bonds. The van der Waals surface area contributed by atoms with Gasteiger partial charge in [0, 0.05) is 11.3 Å². The lowest BCUT2D eigenvalue weighted by Crippen LogP contribution is -1.99. The second kappa shape index (κ2) is 4.07. The van der Waals surface area contributed by atoms with Gasteiger partial charge in [0.2, 0.25) is 0 Å². The van der Waals surface area contributed by atoms with Crippen molar-refractivity contribution in [2.24, 2.45) is 0 Å². The minimum absolute atomic E-state index is 0.0526. The van der Waals surface area contributed by atoms with Crippen LogP contribution in [0.15, 0.2) is 46.2 Å². The van der Waals surface area contributed by atoms with Gasteiger partial charge in [-0.05, 0) is 43.3 Å². The number of hydrogen-bond donors (Lipinski definition) is 1. The van der Waals surface area contributed by atoms with E-state index in [-0.39, 0.29) is 5.78 Å². The number of Topliss-reactive ketones (excluding diaryl/α,β-unsaturated/α-hetero) is 1. The molecule has 0 unspecified atom stereocenters. The fourth-order valence-corrected chi connectivity index (χ4v) is 2.86. The van der Waals surface area contributed by atoms with Gasteiger partial charge in [0.15, 0.2) is 5.78 Å². The topological polar surface area (TPSA) is 52.3 Å². The van der Waals surface area contributed by atoms with E-state index in [9.17, 15) is 4.79 Å². The van der Waals surface area contributed by atoms with Crippen molar-refractivity contribution in [3.05, 3.63) is 42.0 Å². The quantitative estimate of drug-likeness (QED) is 0.533. The number of carbonyl (C=O) groups is 1. The van der Waals surface area contributed by atoms with Crippen molar-refractivity contribution in [1.29, 1.82) is 0 Å². The van der Waals surface area contributed by atoms with Gasteiger partial charge in [-0.15, -0.1) is 0 Å². The number of anilines is 1. The molecule has 0 aromatic heterocycles. The lowest BCUT2D eigenvalue weighted by Gasteiger charge is -2.20. The molecular weight excluding hydrogens is 246 g/mol. The number of ether oxygens (including phenoxy) is 1. The number of fused-ring (bicyclic) bond motifs is 2. The standard InChI is InChI=1S/C14H11NO2S/c1-8(16)9-2-4-11-13(6-9)18-14-7-10(15)3-5-12(14)17-11/h2-7H,15H2,1H3. The van der Waals surface area contributed by atoms with Crippen LogP contribution in [-0.2, 0) is 0 Å². The number of benzene rings is 2. The van der Waals surface area contributed by atoms with Gasteiger partial charge in [-0.25, -0.2) is 0 Å². The van der Waals surface area contributed by atoms with Crippen LogP contribution in [-0.4, -0.2) is 5.78 Å². The summed E-state index contributed by atoms with van der Waals surface area (Å²) in [6.45, 7) is 1.56. The van der Waals surface area contributed by atoms with E-state index in [4.69, 9.17) is 10.5 Å². The molecule has 0 bridgehead atoms. The number of nitrogen functional groups attached to an aromatic ring is 1. The molecule has 0 spiro atoms. The molecule has 18 heavy (non-hydrogen) atoms. The summed E-state index contributed by atoms with van der Waals surface area (Å²) in [7, 11) is 0. The predicted octanol–water partition coefficient (Wildman–Crippen LogP) is 3.73. The maximum atomic E-state index is 11.4. The predicted molar refractivity (Wildman–Crippen MR) is 71.5 cm³/mol. The summed E-state index contributed by atoms with van der Waals surface area (Å²) in [5, 5.41) is 0. The van der Waals surface area contributed by atoms with E-state index in [2.05, 4.69) is 0 Å². The molecule has 90 valence electrons. The Labute approximate surface area is 109 Å². The van der Waals surface area contributed by atoms with Crippen LogP contribution in [0.3, 0.4) is 0 Å². The summed E-state index contributed by atoms with van der Waals surface area (Å²) in [5.41, 5.74) is 7.15. The van der Waals surface area contributed by atoms with Crippen molar-refractivity contribution in [3.63, 3.8) is 0 Å². The van der Waals surface area contributed by atoms with Crippen molar-refractivity contribution in [2.75, 3.05) is 5.73 Å². The Hall–Kier alpha value is -1.94. The lowest BCUT2D eigenvalue weighted by molar-refractivity contribution is 0.101. The first-order valence-electron chi connectivity index (χ1n) is 5.54. The van der Waals surface area contributed by atoms with Crippen LogP contribution >= 0.6 is 11.8 Å². The largest absolute Gasteiger partial charge is 0.455 e. The maximum absolute atomic E-state index is 11.4. The Balaban J connectivity index is 2.05. The highest BCUT2D eigenvalue weighted by atomic mass is 32.2. The number of nitrogens with two attached hydrogens (primary N) is 1. The van der Waals surface area contributed by atoms with E-state index in [1.54, 1.807) is 24.8 Å². The molecule has 0 atom stereocenters. The summed E-state index contributed by atoms with van der Waals surface area (Å²) in [6.07, 6.45) is 0. The van der Waals surface area contributed by atoms with E-state index in [0.717, 1.165) is 21.3 Å². The number of hydrogen-bond acceptors (Lipinski definition) is 4. The zero-order valence-corrected chi connectivity index (χ0v) is 10.6. The van der Waals surface area contributed by atoms with Crippen LogP contribution in [0.4, 0.5) is 5.69 Å². The fraction of sp³-hybridized carbons (Fsp3) is 0.0714. The first-order chi connectivity index (χ1) is 8.63. The average Bonchev–Trinajstić information content (AvgIpc) is 2.35. The molecule has 4 heteroatoms. The molecule has 0 fully saturated rings. The molecular formula is C14H11NO2S. The van der Waals surface area contributed by atoms with Gasteiger partial charge in [-0.2, -0.15) is 0 Å². The van der Waals surface area contributed by atoms with E-state index >= 15 is 0 Å². The Bertz CT molecular complexity index is 652. The molecule has 3 rings (SSSR count). The zero-order chi connectivity index (χ0) is 12.7. The van der Waals surface area contributed by atoms with Crippen LogP contribution in [0.2, 0.25) is 0 Å². The highest BCUT2D eigenvalue weighted by Crippen LogP contribution is 2.47. The van der Waals surface area contributed by atoms with Crippen molar-refractivity contribution in [2.45, 2.75) is 16.7 Å². The Morgan fingerprint density at radius 2 is 1.78 bits per heavy atom. The van der Waals surface area contributed by atoms with Gasteiger partial charge in [0.1, 0.15) is 11.5 Å². The van der Waals surface area contributed by atoms with Crippen molar-refractivity contribution in [1.82, 2.24) is 0 Å². The number of carbonyl (C=O) groups excluding carboxylic acids is 1. The van der Waals surface area contributed by atoms with E-state index in [0.29, 0.717) is 11.3 Å². The van der Waals surface area contributed by atoms with Gasteiger partial charge < -0.3 is 10.5 Å². The molecule has 0 aliphatic carbocycles. The molecule has 1 aliphatic rings. The van der Waals surface area contributed by atoms with Gasteiger partial charge >= 0.3 is 0 Å². The van der Waals surface area contributed by atoms with Gasteiger partial charge in [0.25, 0.3) is 0 Å². The van der Waals surface area contributed by atoms with Crippen LogP contribution < -0.4 is 10.5 Å². The number of ketones is 1. The summed E-state index contributed by atoms with van der Waals surface area (Å²) < 4.78 is 5.78. The molecule has 2 aromatic rings. The van der Waals surface area contributed by atoms with Crippen LogP contribution in [0, 0.1) is 0 Å². The van der Waals surface area contributed by atoms with Gasteiger partial charge in [-0.1, -0.05) is 11.8 Å². The molecule has 3 nitrogen and oxygen atoms in total. The van der Waals surface area contributed by atoms with Crippen molar-refractivity contribution < 1.29 is 9.53 Å². The van der Waals surface area contributed by atoms with Crippen molar-refractivity contribution >= 4 is 23.2 Å². The molecule has 2 aromatic carbocycles. The third-order valence-corrected chi connectivity index (χ3v) is 3.84. The first-order valence-corrected chi connectivity index (χ1v) is 6.35. The molecule has 0 saturated carbocycles. The van der Waals surface area contributed by atoms with E-state index < -0.39 is 0 Å². The second-order valence-electron chi connectivity index (χ2n) is 4.13. The van der Waals surface area contributed by atoms with Gasteiger partial charge in [-0.3, -0.25) is 4.79 Å². The van der Waals surface area contributed by atoms with Crippen LogP contribution in [0.25, 0.3) is 0 Å². The minimum Gasteiger partial charge on any atom is -0.455 e. The Kier molecular flexibility index (Phi) is 2.52. The minimum atomic E-state index is 0.0526. The molecule has 0 radical (unpaired) electrons. The SMILES string of the molecule is CC(=O)c1ccc2c(c1)Sc1cc(N)ccc1O2. The van der Waals surface area contributed by atoms with Gasteiger partial charge in [0.05, 0.1) is 9.79 Å². The van der Waals surface area contributed by atoms with Crippen LogP contribution in [0.1, 0.15) is 17.3 Å². The molecule has 1 heterocycles. The third kappa shape index (κ3) is 1.84. The average molecular weight is 257 g/mol. The highest BCUT2D eigenvalue weighted by molar-refractivity contribution is 7.99.